The number of hydrogen-bond donors (Lipinski definition) is 0. The highest BCUT2D eigenvalue weighted by Gasteiger charge is 2.10. The molecule has 0 aliphatic rings. The summed E-state index contributed by atoms with van der Waals surface area (Å²) < 4.78 is 12.9. The molecule has 0 bridgehead atoms. The average molecular weight is 167 g/mol. The van der Waals surface area contributed by atoms with E-state index < -0.39 is 5.82 Å². The lowest BCUT2D eigenvalue weighted by Gasteiger charge is -2.07. The summed E-state index contributed by atoms with van der Waals surface area (Å²) in [6.07, 6.45) is 3.11. The molecule has 1 aromatic rings. The first kappa shape index (κ1) is 8.84. The van der Waals surface area contributed by atoms with Gasteiger partial charge in [0.05, 0.1) is 11.8 Å². The van der Waals surface area contributed by atoms with Gasteiger partial charge in [-0.15, -0.1) is 0 Å². The van der Waals surface area contributed by atoms with Gasteiger partial charge in [-0.25, -0.2) is 4.39 Å². The summed E-state index contributed by atoms with van der Waals surface area (Å²) in [7, 11) is 0. The van der Waals surface area contributed by atoms with Gasteiger partial charge >= 0.3 is 0 Å². The Morgan fingerprint density at radius 3 is 2.58 bits per heavy atom. The molecule has 1 rings (SSSR count). The number of halogens is 1. The number of aldehydes is 1. The number of hydrogen-bond acceptors (Lipinski definition) is 2. The third-order valence-corrected chi connectivity index (χ3v) is 1.71. The molecule has 12 heavy (non-hydrogen) atoms. The van der Waals surface area contributed by atoms with Crippen LogP contribution in [0, 0.1) is 5.82 Å². The minimum absolute atomic E-state index is 0.119. The third kappa shape index (κ3) is 1.49. The second-order valence-electron chi connectivity index (χ2n) is 2.90. The number of carbonyl (C=O) groups is 1. The maximum Gasteiger partial charge on any atom is 0.153 e. The third-order valence-electron chi connectivity index (χ3n) is 1.71. The monoisotopic (exact) mass is 167 g/mol. The van der Waals surface area contributed by atoms with Crippen molar-refractivity contribution in [2.75, 3.05) is 0 Å². The van der Waals surface area contributed by atoms with Crippen molar-refractivity contribution in [1.29, 1.82) is 0 Å². The lowest BCUT2D eigenvalue weighted by Crippen LogP contribution is -1.99. The number of rotatable bonds is 2. The maximum absolute atomic E-state index is 12.9. The van der Waals surface area contributed by atoms with Crippen molar-refractivity contribution in [2.45, 2.75) is 19.8 Å². The smallest absolute Gasteiger partial charge is 0.153 e. The Hall–Kier alpha value is -1.25. The van der Waals surface area contributed by atoms with Crippen LogP contribution in [-0.4, -0.2) is 11.3 Å². The summed E-state index contributed by atoms with van der Waals surface area (Å²) >= 11 is 0. The Morgan fingerprint density at radius 1 is 1.50 bits per heavy atom. The van der Waals surface area contributed by atoms with E-state index in [0.717, 1.165) is 6.20 Å². The Labute approximate surface area is 70.4 Å². The zero-order chi connectivity index (χ0) is 9.14. The number of aromatic nitrogens is 1. The van der Waals surface area contributed by atoms with Gasteiger partial charge in [0, 0.05) is 6.20 Å². The van der Waals surface area contributed by atoms with E-state index >= 15 is 0 Å². The maximum atomic E-state index is 12.9. The summed E-state index contributed by atoms with van der Waals surface area (Å²) in [6, 6.07) is 0. The lowest BCUT2D eigenvalue weighted by molar-refractivity contribution is 0.111. The molecular formula is C9H10FNO. The van der Waals surface area contributed by atoms with E-state index in [0.29, 0.717) is 11.8 Å². The highest BCUT2D eigenvalue weighted by molar-refractivity contribution is 5.77. The fourth-order valence-electron chi connectivity index (χ4n) is 1.04. The van der Waals surface area contributed by atoms with E-state index in [-0.39, 0.29) is 11.5 Å². The molecule has 0 spiro atoms. The van der Waals surface area contributed by atoms with Gasteiger partial charge in [-0.3, -0.25) is 9.78 Å². The van der Waals surface area contributed by atoms with E-state index in [9.17, 15) is 9.18 Å². The minimum atomic E-state index is -0.545. The van der Waals surface area contributed by atoms with Crippen LogP contribution < -0.4 is 0 Å². The normalized spacial score (nSPS) is 10.3. The fourth-order valence-corrected chi connectivity index (χ4v) is 1.04. The largest absolute Gasteiger partial charge is 0.298 e. The Morgan fingerprint density at radius 2 is 2.17 bits per heavy atom. The molecule has 0 aliphatic carbocycles. The second-order valence-corrected chi connectivity index (χ2v) is 2.90. The van der Waals surface area contributed by atoms with Crippen molar-refractivity contribution >= 4 is 6.29 Å². The van der Waals surface area contributed by atoms with Crippen molar-refractivity contribution in [1.82, 2.24) is 4.98 Å². The predicted molar refractivity (Wildman–Crippen MR) is 43.7 cm³/mol. The first-order valence-corrected chi connectivity index (χ1v) is 3.75. The molecule has 0 saturated carbocycles. The van der Waals surface area contributed by atoms with Gasteiger partial charge in [0.15, 0.2) is 12.1 Å². The van der Waals surface area contributed by atoms with E-state index in [4.69, 9.17) is 0 Å². The van der Waals surface area contributed by atoms with E-state index in [2.05, 4.69) is 4.98 Å². The van der Waals surface area contributed by atoms with Crippen molar-refractivity contribution in [3.8, 4) is 0 Å². The first-order chi connectivity index (χ1) is 5.66. The second kappa shape index (κ2) is 3.43. The van der Waals surface area contributed by atoms with E-state index in [1.165, 1.54) is 6.20 Å². The zero-order valence-corrected chi connectivity index (χ0v) is 7.04. The molecule has 0 aliphatic heterocycles. The summed E-state index contributed by atoms with van der Waals surface area (Å²) in [5.74, 6) is -0.426. The van der Waals surface area contributed by atoms with Gasteiger partial charge < -0.3 is 0 Å². The molecule has 64 valence electrons. The first-order valence-electron chi connectivity index (χ1n) is 3.75. The van der Waals surface area contributed by atoms with Crippen LogP contribution in [0.4, 0.5) is 4.39 Å². The molecule has 2 nitrogen and oxygen atoms in total. The molecule has 0 saturated heterocycles. The van der Waals surface area contributed by atoms with Crippen LogP contribution >= 0.6 is 0 Å². The van der Waals surface area contributed by atoms with Crippen LogP contribution in [0.3, 0.4) is 0 Å². The predicted octanol–water partition coefficient (Wildman–Crippen LogP) is 2.16. The zero-order valence-electron chi connectivity index (χ0n) is 7.04. The molecular weight excluding hydrogens is 157 g/mol. The lowest BCUT2D eigenvalue weighted by atomic mass is 10.0. The number of pyridine rings is 1. The Kier molecular flexibility index (Phi) is 2.53. The highest BCUT2D eigenvalue weighted by Crippen LogP contribution is 2.18. The fraction of sp³-hybridized carbons (Fsp3) is 0.333. The number of carbonyl (C=O) groups excluding carboxylic acids is 1. The Balaban J connectivity index is 3.27. The van der Waals surface area contributed by atoms with E-state index in [1.807, 2.05) is 13.8 Å². The summed E-state index contributed by atoms with van der Waals surface area (Å²) in [5.41, 5.74) is 0.782. The van der Waals surface area contributed by atoms with Crippen LogP contribution in [0.2, 0.25) is 0 Å². The highest BCUT2D eigenvalue weighted by atomic mass is 19.1. The van der Waals surface area contributed by atoms with Gasteiger partial charge in [0.2, 0.25) is 0 Å². The van der Waals surface area contributed by atoms with E-state index in [1.54, 1.807) is 0 Å². The Bertz CT molecular complexity index is 297. The van der Waals surface area contributed by atoms with Crippen molar-refractivity contribution in [3.05, 3.63) is 29.3 Å². The molecule has 1 heterocycles. The van der Waals surface area contributed by atoms with Crippen molar-refractivity contribution in [2.24, 2.45) is 0 Å². The summed E-state index contributed by atoms with van der Waals surface area (Å²) in [4.78, 5) is 14.2. The molecule has 0 fully saturated rings. The van der Waals surface area contributed by atoms with Gasteiger partial charge in [-0.1, -0.05) is 13.8 Å². The SMILES string of the molecule is CC(C)c1cncc(F)c1C=O. The topological polar surface area (TPSA) is 30.0 Å². The molecule has 0 aromatic carbocycles. The van der Waals surface area contributed by atoms with Gasteiger partial charge in [-0.2, -0.15) is 0 Å². The van der Waals surface area contributed by atoms with Crippen LogP contribution in [0.1, 0.15) is 35.7 Å². The molecule has 0 radical (unpaired) electrons. The minimum Gasteiger partial charge on any atom is -0.298 e. The standard InChI is InChI=1S/C9H10FNO/c1-6(2)7-3-11-4-9(10)8(7)5-12/h3-6H,1-2H3. The summed E-state index contributed by atoms with van der Waals surface area (Å²) in [5, 5.41) is 0. The average Bonchev–Trinajstić information content (AvgIpc) is 2.03. The summed E-state index contributed by atoms with van der Waals surface area (Å²) in [6.45, 7) is 3.78. The number of nitrogens with zero attached hydrogens (tertiary/aromatic N) is 1. The van der Waals surface area contributed by atoms with Crippen LogP contribution in [0.5, 0.6) is 0 Å². The molecule has 3 heteroatoms. The molecule has 0 amide bonds. The molecule has 0 N–H and O–H groups in total. The van der Waals surface area contributed by atoms with Crippen LogP contribution in [0.15, 0.2) is 12.4 Å². The molecule has 0 unspecified atom stereocenters. The van der Waals surface area contributed by atoms with Crippen molar-refractivity contribution < 1.29 is 9.18 Å². The van der Waals surface area contributed by atoms with Gasteiger partial charge in [-0.05, 0) is 11.5 Å². The van der Waals surface area contributed by atoms with Gasteiger partial charge in [0.25, 0.3) is 0 Å². The van der Waals surface area contributed by atoms with Crippen LogP contribution in [0.25, 0.3) is 0 Å². The van der Waals surface area contributed by atoms with Crippen molar-refractivity contribution in [3.63, 3.8) is 0 Å². The quantitative estimate of drug-likeness (QED) is 0.632. The molecule has 0 atom stereocenters. The van der Waals surface area contributed by atoms with Crippen LogP contribution in [-0.2, 0) is 0 Å². The molecule has 1 aromatic heterocycles. The van der Waals surface area contributed by atoms with Gasteiger partial charge in [0.1, 0.15) is 0 Å².